The molecule has 21 heavy (non-hydrogen) atoms. The second kappa shape index (κ2) is 13.2. The molecule has 0 amide bonds. The fourth-order valence-electron chi connectivity index (χ4n) is 2.23. The van der Waals surface area contributed by atoms with Crippen molar-refractivity contribution in [1.82, 2.24) is 15.5 Å². The molecular weight excluding hydrogens is 284 g/mol. The molecule has 1 saturated heterocycles. The van der Waals surface area contributed by atoms with Crippen molar-refractivity contribution in [2.75, 3.05) is 64.5 Å². The van der Waals surface area contributed by atoms with E-state index in [9.17, 15) is 0 Å². The first-order valence-corrected chi connectivity index (χ1v) is 9.57. The molecule has 0 bridgehead atoms. The lowest BCUT2D eigenvalue weighted by atomic mass is 10.3. The first-order valence-electron chi connectivity index (χ1n) is 8.18. The third kappa shape index (κ3) is 9.98. The van der Waals surface area contributed by atoms with E-state index in [-0.39, 0.29) is 0 Å². The number of guanidine groups is 1. The Bertz CT molecular complexity index is 270. The van der Waals surface area contributed by atoms with Gasteiger partial charge in [-0.3, -0.25) is 9.89 Å². The SMILES string of the molecule is CCNC(=NCCCN1CCOCC1)NCCCCSC. The number of hydrogen-bond donors (Lipinski definition) is 2. The van der Waals surface area contributed by atoms with Gasteiger partial charge in [0.25, 0.3) is 0 Å². The zero-order valence-corrected chi connectivity index (χ0v) is 14.5. The largest absolute Gasteiger partial charge is 0.379 e. The van der Waals surface area contributed by atoms with Crippen LogP contribution >= 0.6 is 11.8 Å². The van der Waals surface area contributed by atoms with E-state index < -0.39 is 0 Å². The van der Waals surface area contributed by atoms with E-state index in [1.807, 2.05) is 11.8 Å². The zero-order valence-electron chi connectivity index (χ0n) is 13.7. The number of ether oxygens (including phenoxy) is 1. The second-order valence-electron chi connectivity index (χ2n) is 5.19. The molecule has 0 aliphatic carbocycles. The fourth-order valence-corrected chi connectivity index (χ4v) is 2.72. The summed E-state index contributed by atoms with van der Waals surface area (Å²) in [7, 11) is 0. The molecule has 1 rings (SSSR count). The number of rotatable bonds is 10. The third-order valence-corrected chi connectivity index (χ3v) is 4.11. The summed E-state index contributed by atoms with van der Waals surface area (Å²) in [6, 6.07) is 0. The average molecular weight is 317 g/mol. The minimum Gasteiger partial charge on any atom is -0.379 e. The highest BCUT2D eigenvalue weighted by molar-refractivity contribution is 7.98. The normalized spacial score (nSPS) is 17.0. The number of aliphatic imine (C=N–C) groups is 1. The van der Waals surface area contributed by atoms with Crippen molar-refractivity contribution in [1.29, 1.82) is 0 Å². The predicted molar refractivity (Wildman–Crippen MR) is 93.5 cm³/mol. The lowest BCUT2D eigenvalue weighted by Gasteiger charge is -2.26. The average Bonchev–Trinajstić information content (AvgIpc) is 2.52. The molecule has 1 heterocycles. The van der Waals surface area contributed by atoms with Gasteiger partial charge in [0.05, 0.1) is 13.2 Å². The standard InChI is InChI=1S/C15H32N4OS/c1-3-16-15(17-7-4-5-14-21-2)18-8-6-9-19-10-12-20-13-11-19/h3-14H2,1-2H3,(H2,16,17,18). The van der Waals surface area contributed by atoms with E-state index in [4.69, 9.17) is 4.74 Å². The molecule has 0 spiro atoms. The molecule has 0 aromatic heterocycles. The number of nitrogens with one attached hydrogen (secondary N) is 2. The topological polar surface area (TPSA) is 48.9 Å². The van der Waals surface area contributed by atoms with Crippen LogP contribution in [0, 0.1) is 0 Å². The number of unbranched alkanes of at least 4 members (excludes halogenated alkanes) is 1. The Balaban J connectivity index is 2.11. The van der Waals surface area contributed by atoms with Crippen LogP contribution in [0.15, 0.2) is 4.99 Å². The first-order chi connectivity index (χ1) is 10.4. The monoisotopic (exact) mass is 316 g/mol. The Hall–Kier alpha value is -0.460. The molecule has 124 valence electrons. The van der Waals surface area contributed by atoms with Crippen LogP contribution in [0.5, 0.6) is 0 Å². The minimum absolute atomic E-state index is 0.878. The van der Waals surface area contributed by atoms with E-state index in [1.165, 1.54) is 18.6 Å². The van der Waals surface area contributed by atoms with E-state index in [2.05, 4.69) is 33.7 Å². The Labute approximate surface area is 134 Å². The molecule has 1 aliphatic heterocycles. The Morgan fingerprint density at radius 1 is 1.19 bits per heavy atom. The predicted octanol–water partition coefficient (Wildman–Crippen LogP) is 1.41. The van der Waals surface area contributed by atoms with Gasteiger partial charge in [-0.2, -0.15) is 11.8 Å². The van der Waals surface area contributed by atoms with Gasteiger partial charge in [-0.25, -0.2) is 0 Å². The molecule has 0 aromatic rings. The maximum absolute atomic E-state index is 5.36. The lowest BCUT2D eigenvalue weighted by molar-refractivity contribution is 0.0377. The summed E-state index contributed by atoms with van der Waals surface area (Å²) in [5, 5.41) is 6.73. The molecule has 0 unspecified atom stereocenters. The second-order valence-corrected chi connectivity index (χ2v) is 6.18. The summed E-state index contributed by atoms with van der Waals surface area (Å²) in [6.45, 7) is 9.94. The first kappa shape index (κ1) is 18.6. The maximum Gasteiger partial charge on any atom is 0.191 e. The van der Waals surface area contributed by atoms with Crippen molar-refractivity contribution < 1.29 is 4.74 Å². The summed E-state index contributed by atoms with van der Waals surface area (Å²) in [5.41, 5.74) is 0. The molecule has 6 heteroatoms. The lowest BCUT2D eigenvalue weighted by Crippen LogP contribution is -2.38. The maximum atomic E-state index is 5.36. The summed E-state index contributed by atoms with van der Waals surface area (Å²) in [4.78, 5) is 7.11. The molecule has 1 fully saturated rings. The number of thioether (sulfide) groups is 1. The van der Waals surface area contributed by atoms with Crippen molar-refractivity contribution >= 4 is 17.7 Å². The molecule has 0 saturated carbocycles. The van der Waals surface area contributed by atoms with Crippen molar-refractivity contribution in [3.63, 3.8) is 0 Å². The van der Waals surface area contributed by atoms with Crippen LogP contribution in [0.1, 0.15) is 26.2 Å². The molecule has 2 N–H and O–H groups in total. The third-order valence-electron chi connectivity index (χ3n) is 3.42. The van der Waals surface area contributed by atoms with Crippen LogP contribution in [0.3, 0.4) is 0 Å². The number of hydrogen-bond acceptors (Lipinski definition) is 4. The zero-order chi connectivity index (χ0) is 15.2. The van der Waals surface area contributed by atoms with Gasteiger partial charge < -0.3 is 15.4 Å². The highest BCUT2D eigenvalue weighted by Gasteiger charge is 2.08. The Morgan fingerprint density at radius 3 is 2.71 bits per heavy atom. The van der Waals surface area contributed by atoms with Gasteiger partial charge >= 0.3 is 0 Å². The van der Waals surface area contributed by atoms with Crippen LogP contribution in [-0.2, 0) is 4.74 Å². The molecule has 0 aromatic carbocycles. The summed E-state index contributed by atoms with van der Waals surface area (Å²) in [5.74, 6) is 2.21. The quantitative estimate of drug-likeness (QED) is 0.362. The van der Waals surface area contributed by atoms with E-state index in [0.29, 0.717) is 0 Å². The van der Waals surface area contributed by atoms with Crippen LogP contribution in [0.2, 0.25) is 0 Å². The van der Waals surface area contributed by atoms with Crippen LogP contribution < -0.4 is 10.6 Å². The van der Waals surface area contributed by atoms with Gasteiger partial charge in [-0.05, 0) is 38.2 Å². The molecule has 0 atom stereocenters. The summed E-state index contributed by atoms with van der Waals surface area (Å²) in [6.07, 6.45) is 5.75. The summed E-state index contributed by atoms with van der Waals surface area (Å²) < 4.78 is 5.36. The fraction of sp³-hybridized carbons (Fsp3) is 0.933. The molecule has 1 aliphatic rings. The van der Waals surface area contributed by atoms with Crippen LogP contribution in [0.4, 0.5) is 0 Å². The van der Waals surface area contributed by atoms with Gasteiger partial charge in [0.1, 0.15) is 0 Å². The molecule has 5 nitrogen and oxygen atoms in total. The van der Waals surface area contributed by atoms with Gasteiger partial charge in [0.15, 0.2) is 5.96 Å². The molecule has 0 radical (unpaired) electrons. The van der Waals surface area contributed by atoms with Gasteiger partial charge in [0.2, 0.25) is 0 Å². The van der Waals surface area contributed by atoms with Crippen LogP contribution in [0.25, 0.3) is 0 Å². The summed E-state index contributed by atoms with van der Waals surface area (Å²) >= 11 is 1.91. The van der Waals surface area contributed by atoms with Gasteiger partial charge in [-0.1, -0.05) is 0 Å². The number of nitrogens with zero attached hydrogens (tertiary/aromatic N) is 2. The van der Waals surface area contributed by atoms with Crippen LogP contribution in [-0.4, -0.2) is 75.4 Å². The Morgan fingerprint density at radius 2 is 2.00 bits per heavy atom. The minimum atomic E-state index is 0.878. The van der Waals surface area contributed by atoms with E-state index in [1.54, 1.807) is 0 Å². The van der Waals surface area contributed by atoms with Crippen molar-refractivity contribution in [3.8, 4) is 0 Å². The van der Waals surface area contributed by atoms with Crippen molar-refractivity contribution in [2.24, 2.45) is 4.99 Å². The number of morpholine rings is 1. The molecular formula is C15H32N4OS. The Kier molecular flexibility index (Phi) is 11.7. The van der Waals surface area contributed by atoms with Crippen molar-refractivity contribution in [3.05, 3.63) is 0 Å². The van der Waals surface area contributed by atoms with Crippen molar-refractivity contribution in [2.45, 2.75) is 26.2 Å². The van der Waals surface area contributed by atoms with E-state index in [0.717, 1.165) is 64.9 Å². The van der Waals surface area contributed by atoms with E-state index >= 15 is 0 Å². The van der Waals surface area contributed by atoms with Gasteiger partial charge in [0, 0.05) is 39.3 Å². The smallest absolute Gasteiger partial charge is 0.191 e. The van der Waals surface area contributed by atoms with Gasteiger partial charge in [-0.15, -0.1) is 0 Å². The highest BCUT2D eigenvalue weighted by Crippen LogP contribution is 1.99. The highest BCUT2D eigenvalue weighted by atomic mass is 32.2.